The Bertz CT molecular complexity index is 380. The summed E-state index contributed by atoms with van der Waals surface area (Å²) in [6.45, 7) is 0.951. The minimum Gasteiger partial charge on any atom is -0.369 e. The lowest BCUT2D eigenvalue weighted by molar-refractivity contribution is 0.677. The summed E-state index contributed by atoms with van der Waals surface area (Å²) in [5.41, 5.74) is 0.661. The van der Waals surface area contributed by atoms with Crippen LogP contribution in [0.5, 0.6) is 0 Å². The molecule has 1 aromatic heterocycles. The minimum absolute atomic E-state index is 0.661. The molecule has 0 aromatic carbocycles. The van der Waals surface area contributed by atoms with Gasteiger partial charge in [0.15, 0.2) is 0 Å². The minimum atomic E-state index is 0.661. The molecule has 16 heavy (non-hydrogen) atoms. The van der Waals surface area contributed by atoms with Crippen LogP contribution < -0.4 is 5.32 Å². The first kappa shape index (κ1) is 11.3. The molecular formula is C12H15N3S. The molecule has 1 N–H and O–H groups in total. The van der Waals surface area contributed by atoms with E-state index in [2.05, 4.69) is 16.4 Å². The molecule has 0 radical (unpaired) electrons. The Hall–Kier alpha value is -1.21. The predicted octanol–water partition coefficient (Wildman–Crippen LogP) is 2.65. The van der Waals surface area contributed by atoms with Crippen molar-refractivity contribution in [2.45, 2.75) is 24.5 Å². The van der Waals surface area contributed by atoms with Crippen LogP contribution in [0.25, 0.3) is 0 Å². The molecule has 1 aliphatic rings. The van der Waals surface area contributed by atoms with Crippen molar-refractivity contribution in [3.8, 4) is 6.07 Å². The topological polar surface area (TPSA) is 48.7 Å². The summed E-state index contributed by atoms with van der Waals surface area (Å²) in [4.78, 5) is 4.20. The summed E-state index contributed by atoms with van der Waals surface area (Å²) < 4.78 is 0. The molecule has 0 saturated carbocycles. The second-order valence-electron chi connectivity index (χ2n) is 3.91. The van der Waals surface area contributed by atoms with Crippen LogP contribution >= 0.6 is 11.8 Å². The Morgan fingerprint density at radius 2 is 2.50 bits per heavy atom. The molecule has 1 atom stereocenters. The van der Waals surface area contributed by atoms with Crippen LogP contribution in [0, 0.1) is 11.3 Å². The van der Waals surface area contributed by atoms with E-state index in [1.165, 1.54) is 25.0 Å². The van der Waals surface area contributed by atoms with Crippen molar-refractivity contribution in [1.29, 1.82) is 5.26 Å². The Labute approximate surface area is 100 Å². The summed E-state index contributed by atoms with van der Waals surface area (Å²) in [6, 6.07) is 5.64. The molecule has 3 nitrogen and oxygen atoms in total. The highest BCUT2D eigenvalue weighted by atomic mass is 32.2. The number of hydrogen-bond acceptors (Lipinski definition) is 4. The van der Waals surface area contributed by atoms with Crippen LogP contribution in [0.4, 0.5) is 5.82 Å². The standard InChI is InChI=1S/C12H15N3S/c13-8-10-4-5-14-12(7-10)15-9-11-3-1-2-6-16-11/h4-5,7,11H,1-3,6,9H2,(H,14,15). The second kappa shape index (κ2) is 5.76. The van der Waals surface area contributed by atoms with Gasteiger partial charge in [-0.2, -0.15) is 17.0 Å². The van der Waals surface area contributed by atoms with Crippen molar-refractivity contribution in [1.82, 2.24) is 4.98 Å². The maximum atomic E-state index is 8.77. The lowest BCUT2D eigenvalue weighted by Crippen LogP contribution is -2.20. The molecule has 0 spiro atoms. The monoisotopic (exact) mass is 233 g/mol. The first-order valence-corrected chi connectivity index (χ1v) is 6.65. The number of pyridine rings is 1. The Balaban J connectivity index is 1.86. The van der Waals surface area contributed by atoms with E-state index in [9.17, 15) is 0 Å². The lowest BCUT2D eigenvalue weighted by atomic mass is 10.2. The molecule has 4 heteroatoms. The van der Waals surface area contributed by atoms with Crippen LogP contribution in [0.3, 0.4) is 0 Å². The van der Waals surface area contributed by atoms with E-state index in [0.717, 1.165) is 12.4 Å². The van der Waals surface area contributed by atoms with Crippen LogP contribution in [0.15, 0.2) is 18.3 Å². The number of nitrogens with one attached hydrogen (secondary N) is 1. The smallest absolute Gasteiger partial charge is 0.127 e. The maximum Gasteiger partial charge on any atom is 0.127 e. The number of anilines is 1. The number of rotatable bonds is 3. The van der Waals surface area contributed by atoms with Gasteiger partial charge in [-0.25, -0.2) is 4.98 Å². The third-order valence-corrected chi connectivity index (χ3v) is 4.07. The maximum absolute atomic E-state index is 8.77. The number of nitrogens with zero attached hydrogens (tertiary/aromatic N) is 2. The number of hydrogen-bond donors (Lipinski definition) is 1. The summed E-state index contributed by atoms with van der Waals surface area (Å²) in [7, 11) is 0. The van der Waals surface area contributed by atoms with E-state index in [-0.39, 0.29) is 0 Å². The Morgan fingerprint density at radius 1 is 1.56 bits per heavy atom. The molecule has 1 aromatic rings. The zero-order chi connectivity index (χ0) is 11.2. The second-order valence-corrected chi connectivity index (χ2v) is 5.32. The van der Waals surface area contributed by atoms with Crippen molar-refractivity contribution in [2.24, 2.45) is 0 Å². The van der Waals surface area contributed by atoms with E-state index in [0.29, 0.717) is 10.8 Å². The predicted molar refractivity (Wildman–Crippen MR) is 67.5 cm³/mol. The van der Waals surface area contributed by atoms with Gasteiger partial charge in [0.25, 0.3) is 0 Å². The third kappa shape index (κ3) is 3.14. The quantitative estimate of drug-likeness (QED) is 0.872. The summed E-state index contributed by atoms with van der Waals surface area (Å²) in [5.74, 6) is 2.09. The fraction of sp³-hybridized carbons (Fsp3) is 0.500. The fourth-order valence-corrected chi connectivity index (χ4v) is 3.02. The van der Waals surface area contributed by atoms with Gasteiger partial charge >= 0.3 is 0 Å². The van der Waals surface area contributed by atoms with Gasteiger partial charge in [0.2, 0.25) is 0 Å². The van der Waals surface area contributed by atoms with Gasteiger partial charge in [-0.1, -0.05) is 6.42 Å². The Kier molecular flexibility index (Phi) is 4.06. The van der Waals surface area contributed by atoms with E-state index in [1.54, 1.807) is 18.3 Å². The van der Waals surface area contributed by atoms with Crippen LogP contribution in [0.1, 0.15) is 24.8 Å². The molecule has 0 aliphatic carbocycles. The van der Waals surface area contributed by atoms with Gasteiger partial charge in [-0.3, -0.25) is 0 Å². The SMILES string of the molecule is N#Cc1ccnc(NCC2CCCCS2)c1. The highest BCUT2D eigenvalue weighted by molar-refractivity contribution is 7.99. The fourth-order valence-electron chi connectivity index (χ4n) is 1.78. The van der Waals surface area contributed by atoms with Crippen molar-refractivity contribution >= 4 is 17.6 Å². The number of aromatic nitrogens is 1. The van der Waals surface area contributed by atoms with Crippen molar-refractivity contribution in [3.05, 3.63) is 23.9 Å². The van der Waals surface area contributed by atoms with Gasteiger partial charge in [-0.15, -0.1) is 0 Å². The molecule has 1 aliphatic heterocycles. The largest absolute Gasteiger partial charge is 0.369 e. The highest BCUT2D eigenvalue weighted by Gasteiger charge is 2.13. The van der Waals surface area contributed by atoms with E-state index in [1.807, 2.05) is 11.8 Å². The first-order valence-electron chi connectivity index (χ1n) is 5.60. The molecule has 1 unspecified atom stereocenters. The summed E-state index contributed by atoms with van der Waals surface area (Å²) >= 11 is 2.04. The van der Waals surface area contributed by atoms with Crippen LogP contribution in [-0.4, -0.2) is 22.5 Å². The molecule has 1 fully saturated rings. The average molecular weight is 233 g/mol. The molecule has 84 valence electrons. The van der Waals surface area contributed by atoms with Gasteiger partial charge in [0.05, 0.1) is 11.6 Å². The van der Waals surface area contributed by atoms with Crippen molar-refractivity contribution < 1.29 is 0 Å². The van der Waals surface area contributed by atoms with E-state index in [4.69, 9.17) is 5.26 Å². The zero-order valence-corrected chi connectivity index (χ0v) is 9.96. The molecule has 2 rings (SSSR count). The van der Waals surface area contributed by atoms with Gasteiger partial charge in [0, 0.05) is 18.0 Å². The molecular weight excluding hydrogens is 218 g/mol. The summed E-state index contributed by atoms with van der Waals surface area (Å²) in [6.07, 6.45) is 5.65. The van der Waals surface area contributed by atoms with Gasteiger partial charge < -0.3 is 5.32 Å². The van der Waals surface area contributed by atoms with Crippen molar-refractivity contribution in [3.63, 3.8) is 0 Å². The first-order chi connectivity index (χ1) is 7.88. The normalized spacial score (nSPS) is 20.1. The van der Waals surface area contributed by atoms with Crippen molar-refractivity contribution in [2.75, 3.05) is 17.6 Å². The van der Waals surface area contributed by atoms with Crippen LogP contribution in [-0.2, 0) is 0 Å². The van der Waals surface area contributed by atoms with E-state index < -0.39 is 0 Å². The zero-order valence-electron chi connectivity index (χ0n) is 9.15. The lowest BCUT2D eigenvalue weighted by Gasteiger charge is -2.21. The van der Waals surface area contributed by atoms with Gasteiger partial charge in [0.1, 0.15) is 5.82 Å². The highest BCUT2D eigenvalue weighted by Crippen LogP contribution is 2.25. The molecule has 2 heterocycles. The number of nitriles is 1. The molecule has 0 amide bonds. The van der Waals surface area contributed by atoms with Crippen LogP contribution in [0.2, 0.25) is 0 Å². The number of thioether (sulfide) groups is 1. The molecule has 0 bridgehead atoms. The summed E-state index contributed by atoms with van der Waals surface area (Å²) in [5, 5.41) is 12.8. The van der Waals surface area contributed by atoms with Gasteiger partial charge in [-0.05, 0) is 30.7 Å². The van der Waals surface area contributed by atoms with E-state index >= 15 is 0 Å². The third-order valence-electron chi connectivity index (χ3n) is 2.67. The average Bonchev–Trinajstić information content (AvgIpc) is 2.38. The molecule has 1 saturated heterocycles. The Morgan fingerprint density at radius 3 is 3.25 bits per heavy atom.